The van der Waals surface area contributed by atoms with Gasteiger partial charge >= 0.3 is 0 Å². The Morgan fingerprint density at radius 2 is 2.00 bits per heavy atom. The number of nitrogens with one attached hydrogen (secondary N) is 1. The number of rotatable bonds is 2. The minimum Gasteiger partial charge on any atom is -0.350 e. The SMILES string of the molecule is CC1CC1NC(=O)C1(F)CCCC1. The lowest BCUT2D eigenvalue weighted by molar-refractivity contribution is -0.132. The fourth-order valence-electron chi connectivity index (χ4n) is 1.98. The molecule has 0 saturated heterocycles. The molecule has 0 spiro atoms. The van der Waals surface area contributed by atoms with Gasteiger partial charge in [-0.1, -0.05) is 6.92 Å². The molecule has 74 valence electrons. The summed E-state index contributed by atoms with van der Waals surface area (Å²) in [4.78, 5) is 11.5. The van der Waals surface area contributed by atoms with E-state index >= 15 is 0 Å². The summed E-state index contributed by atoms with van der Waals surface area (Å²) in [5, 5.41) is 2.77. The zero-order chi connectivity index (χ0) is 9.47. The second-order valence-electron chi connectivity index (χ2n) is 4.47. The van der Waals surface area contributed by atoms with Gasteiger partial charge in [-0.2, -0.15) is 0 Å². The maximum atomic E-state index is 13.8. The molecule has 1 amide bonds. The van der Waals surface area contributed by atoms with Crippen LogP contribution in [0.1, 0.15) is 39.0 Å². The van der Waals surface area contributed by atoms with E-state index in [1.165, 1.54) is 0 Å². The van der Waals surface area contributed by atoms with Crippen LogP contribution in [-0.4, -0.2) is 17.6 Å². The Balaban J connectivity index is 1.88. The van der Waals surface area contributed by atoms with E-state index in [9.17, 15) is 9.18 Å². The van der Waals surface area contributed by atoms with Crippen molar-refractivity contribution < 1.29 is 9.18 Å². The van der Waals surface area contributed by atoms with Gasteiger partial charge in [-0.05, 0) is 38.0 Å². The standard InChI is InChI=1S/C10H16FNO/c1-7-6-8(7)12-9(13)10(11)4-2-3-5-10/h7-8H,2-6H2,1H3,(H,12,13). The van der Waals surface area contributed by atoms with Crippen LogP contribution < -0.4 is 5.32 Å². The van der Waals surface area contributed by atoms with Crippen LogP contribution in [0.25, 0.3) is 0 Å². The molecular formula is C10H16FNO. The smallest absolute Gasteiger partial charge is 0.257 e. The zero-order valence-corrected chi connectivity index (χ0v) is 7.98. The number of carbonyl (C=O) groups excluding carboxylic acids is 1. The number of alkyl halides is 1. The molecule has 2 saturated carbocycles. The van der Waals surface area contributed by atoms with E-state index in [-0.39, 0.29) is 11.9 Å². The Morgan fingerprint density at radius 3 is 2.46 bits per heavy atom. The average molecular weight is 185 g/mol. The first-order valence-electron chi connectivity index (χ1n) is 5.12. The zero-order valence-electron chi connectivity index (χ0n) is 7.98. The highest BCUT2D eigenvalue weighted by molar-refractivity contribution is 5.85. The molecule has 0 bridgehead atoms. The van der Waals surface area contributed by atoms with Crippen LogP contribution in [0, 0.1) is 5.92 Å². The third kappa shape index (κ3) is 1.69. The van der Waals surface area contributed by atoms with Crippen LogP contribution >= 0.6 is 0 Å². The summed E-state index contributed by atoms with van der Waals surface area (Å²) in [6, 6.07) is 0.251. The van der Waals surface area contributed by atoms with E-state index in [1.54, 1.807) is 0 Å². The van der Waals surface area contributed by atoms with Gasteiger partial charge < -0.3 is 5.32 Å². The second-order valence-corrected chi connectivity index (χ2v) is 4.47. The molecular weight excluding hydrogens is 169 g/mol. The van der Waals surface area contributed by atoms with Gasteiger partial charge in [0.2, 0.25) is 0 Å². The summed E-state index contributed by atoms with van der Waals surface area (Å²) < 4.78 is 13.8. The molecule has 0 aromatic carbocycles. The number of carbonyl (C=O) groups is 1. The van der Waals surface area contributed by atoms with Gasteiger partial charge in [0, 0.05) is 6.04 Å². The van der Waals surface area contributed by atoms with Crippen LogP contribution in [0.5, 0.6) is 0 Å². The van der Waals surface area contributed by atoms with E-state index in [0.29, 0.717) is 18.8 Å². The summed E-state index contributed by atoms with van der Waals surface area (Å²) >= 11 is 0. The Morgan fingerprint density at radius 1 is 1.46 bits per heavy atom. The number of hydrogen-bond acceptors (Lipinski definition) is 1. The topological polar surface area (TPSA) is 29.1 Å². The first-order valence-corrected chi connectivity index (χ1v) is 5.12. The average Bonchev–Trinajstić information content (AvgIpc) is 2.62. The first-order chi connectivity index (χ1) is 6.12. The summed E-state index contributed by atoms with van der Waals surface area (Å²) in [7, 11) is 0. The first kappa shape index (κ1) is 8.97. The molecule has 0 radical (unpaired) electrons. The lowest BCUT2D eigenvalue weighted by Gasteiger charge is -2.17. The highest BCUT2D eigenvalue weighted by Gasteiger charge is 2.44. The summed E-state index contributed by atoms with van der Waals surface area (Å²) in [6.07, 6.45) is 3.55. The second kappa shape index (κ2) is 2.96. The van der Waals surface area contributed by atoms with Gasteiger partial charge in [-0.25, -0.2) is 4.39 Å². The Kier molecular flexibility index (Phi) is 2.05. The van der Waals surface area contributed by atoms with E-state index in [1.807, 2.05) is 0 Å². The number of hydrogen-bond donors (Lipinski definition) is 1. The maximum absolute atomic E-state index is 13.8. The van der Waals surface area contributed by atoms with Crippen molar-refractivity contribution in [3.8, 4) is 0 Å². The van der Waals surface area contributed by atoms with E-state index in [2.05, 4.69) is 12.2 Å². The van der Waals surface area contributed by atoms with E-state index in [4.69, 9.17) is 0 Å². The maximum Gasteiger partial charge on any atom is 0.257 e. The fourth-order valence-corrected chi connectivity index (χ4v) is 1.98. The third-order valence-electron chi connectivity index (χ3n) is 3.23. The monoisotopic (exact) mass is 185 g/mol. The minimum absolute atomic E-state index is 0.251. The van der Waals surface area contributed by atoms with Crippen molar-refractivity contribution in [2.75, 3.05) is 0 Å². The van der Waals surface area contributed by atoms with Crippen LogP contribution in [0.4, 0.5) is 4.39 Å². The Hall–Kier alpha value is -0.600. The van der Waals surface area contributed by atoms with Crippen LogP contribution in [-0.2, 0) is 4.79 Å². The van der Waals surface area contributed by atoms with Gasteiger partial charge in [0.15, 0.2) is 5.67 Å². The lowest BCUT2D eigenvalue weighted by atomic mass is 10.0. The van der Waals surface area contributed by atoms with Crippen molar-refractivity contribution in [3.05, 3.63) is 0 Å². The number of amides is 1. The van der Waals surface area contributed by atoms with Gasteiger partial charge in [0.05, 0.1) is 0 Å². The highest BCUT2D eigenvalue weighted by atomic mass is 19.1. The van der Waals surface area contributed by atoms with Gasteiger partial charge in [0.25, 0.3) is 5.91 Å². The van der Waals surface area contributed by atoms with Crippen molar-refractivity contribution in [1.29, 1.82) is 0 Å². The fraction of sp³-hybridized carbons (Fsp3) is 0.900. The molecule has 0 aliphatic heterocycles. The van der Waals surface area contributed by atoms with Crippen molar-refractivity contribution in [3.63, 3.8) is 0 Å². The Bertz CT molecular complexity index is 223. The molecule has 13 heavy (non-hydrogen) atoms. The predicted molar refractivity (Wildman–Crippen MR) is 48.0 cm³/mol. The van der Waals surface area contributed by atoms with Gasteiger partial charge in [-0.15, -0.1) is 0 Å². The number of halogens is 1. The lowest BCUT2D eigenvalue weighted by Crippen LogP contribution is -2.42. The van der Waals surface area contributed by atoms with Crippen LogP contribution in [0.2, 0.25) is 0 Å². The normalized spacial score (nSPS) is 35.8. The van der Waals surface area contributed by atoms with Gasteiger partial charge in [0.1, 0.15) is 0 Å². The molecule has 0 heterocycles. The third-order valence-corrected chi connectivity index (χ3v) is 3.23. The Labute approximate surface area is 77.9 Å². The predicted octanol–water partition coefficient (Wildman–Crippen LogP) is 1.79. The quantitative estimate of drug-likeness (QED) is 0.698. The molecule has 2 fully saturated rings. The molecule has 0 aromatic rings. The van der Waals surface area contributed by atoms with Crippen molar-refractivity contribution in [2.24, 2.45) is 5.92 Å². The molecule has 1 N–H and O–H groups in total. The van der Waals surface area contributed by atoms with Crippen molar-refractivity contribution in [2.45, 2.75) is 50.7 Å². The van der Waals surface area contributed by atoms with E-state index < -0.39 is 5.67 Å². The van der Waals surface area contributed by atoms with E-state index in [0.717, 1.165) is 19.3 Å². The van der Waals surface area contributed by atoms with Crippen LogP contribution in [0.3, 0.4) is 0 Å². The summed E-state index contributed by atoms with van der Waals surface area (Å²) in [6.45, 7) is 2.07. The van der Waals surface area contributed by atoms with Crippen molar-refractivity contribution >= 4 is 5.91 Å². The molecule has 2 aliphatic rings. The molecule has 2 atom stereocenters. The van der Waals surface area contributed by atoms with Crippen molar-refractivity contribution in [1.82, 2.24) is 5.32 Å². The molecule has 2 rings (SSSR count). The molecule has 2 nitrogen and oxygen atoms in total. The van der Waals surface area contributed by atoms with Gasteiger partial charge in [-0.3, -0.25) is 4.79 Å². The largest absolute Gasteiger partial charge is 0.350 e. The summed E-state index contributed by atoms with van der Waals surface area (Å²) in [5.74, 6) is 0.188. The molecule has 2 unspecified atom stereocenters. The highest BCUT2D eigenvalue weighted by Crippen LogP contribution is 2.35. The minimum atomic E-state index is -1.54. The molecule has 0 aromatic heterocycles. The summed E-state index contributed by atoms with van der Waals surface area (Å²) in [5.41, 5.74) is -1.54. The molecule has 3 heteroatoms. The van der Waals surface area contributed by atoms with Crippen LogP contribution in [0.15, 0.2) is 0 Å². The molecule has 2 aliphatic carbocycles.